The lowest BCUT2D eigenvalue weighted by Gasteiger charge is -2.47. The fraction of sp³-hybridized carbons (Fsp3) is 0.519. The number of alkyl halides is 8. The van der Waals surface area contributed by atoms with Crippen molar-refractivity contribution < 1.29 is 73.6 Å². The van der Waals surface area contributed by atoms with Gasteiger partial charge in [-0.3, -0.25) is 24.6 Å². The summed E-state index contributed by atoms with van der Waals surface area (Å²) in [5.74, 6) is 4.15. The summed E-state index contributed by atoms with van der Waals surface area (Å²) < 4.78 is 129. The third-order valence-electron chi connectivity index (χ3n) is 14.8. The van der Waals surface area contributed by atoms with E-state index in [2.05, 4.69) is 47.0 Å². The second-order valence-corrected chi connectivity index (χ2v) is 21.1. The zero-order valence-corrected chi connectivity index (χ0v) is 44.7. The predicted molar refractivity (Wildman–Crippen MR) is 274 cm³/mol. The highest BCUT2D eigenvalue weighted by Gasteiger charge is 2.57. The monoisotopic (exact) mass is 1130 g/mol. The lowest BCUT2D eigenvalue weighted by atomic mass is 9.82. The molecule has 2 bridgehead atoms. The molecule has 0 aliphatic carbocycles. The Hall–Kier alpha value is -7.08. The number of carbonyl (C=O) groups is 4. The lowest BCUT2D eigenvalue weighted by Crippen LogP contribution is -2.63. The number of carbonyl (C=O) groups excluding carboxylic acids is 4. The first-order valence-corrected chi connectivity index (χ1v) is 25.6. The van der Waals surface area contributed by atoms with Crippen LogP contribution in [0.15, 0.2) is 79.1 Å². The van der Waals surface area contributed by atoms with Crippen molar-refractivity contribution in [2.75, 3.05) is 52.0 Å². The molecule has 3 aliphatic heterocycles. The van der Waals surface area contributed by atoms with Gasteiger partial charge in [0.15, 0.2) is 0 Å². The van der Waals surface area contributed by atoms with Crippen LogP contribution in [0, 0.1) is 22.7 Å². The molecule has 7 rings (SSSR count). The van der Waals surface area contributed by atoms with Crippen LogP contribution < -0.4 is 26.3 Å². The molecule has 434 valence electrons. The van der Waals surface area contributed by atoms with Gasteiger partial charge in [0.1, 0.15) is 24.4 Å². The zero-order chi connectivity index (χ0) is 58.3. The molecule has 4 aromatic rings. The van der Waals surface area contributed by atoms with Crippen molar-refractivity contribution in [2.45, 2.75) is 121 Å². The first kappa shape index (κ1) is 60.6. The number of rotatable bonds is 20. The van der Waals surface area contributed by atoms with E-state index in [-0.39, 0.29) is 6.42 Å². The van der Waals surface area contributed by atoms with Crippen molar-refractivity contribution in [2.24, 2.45) is 10.8 Å². The zero-order valence-electron chi connectivity index (χ0n) is 44.7. The number of piperazine rings is 1. The van der Waals surface area contributed by atoms with Crippen LogP contribution in [0.2, 0.25) is 0 Å². The Kier molecular flexibility index (Phi) is 19.0. The summed E-state index contributed by atoms with van der Waals surface area (Å²) in [7, 11) is 1.74. The fourth-order valence-electron chi connectivity index (χ4n) is 9.74. The molecule has 3 saturated heterocycles. The van der Waals surface area contributed by atoms with Crippen molar-refractivity contribution >= 4 is 29.8 Å². The maximum atomic E-state index is 14.6. The van der Waals surface area contributed by atoms with Gasteiger partial charge >= 0.3 is 24.5 Å². The number of pyridine rings is 1. The van der Waals surface area contributed by atoms with Gasteiger partial charge < -0.3 is 40.2 Å². The molecule has 6 atom stereocenters. The summed E-state index contributed by atoms with van der Waals surface area (Å²) in [5, 5.41) is 23.5. The van der Waals surface area contributed by atoms with E-state index in [0.717, 1.165) is 68.9 Å². The van der Waals surface area contributed by atoms with Gasteiger partial charge in [-0.15, -0.1) is 0 Å². The molecule has 3 aliphatic rings. The molecule has 4 amide bonds. The molecule has 0 spiro atoms. The van der Waals surface area contributed by atoms with Gasteiger partial charge in [0, 0.05) is 67.3 Å². The number of aromatic nitrogens is 3. The van der Waals surface area contributed by atoms with Crippen molar-refractivity contribution in [1.29, 1.82) is 0 Å². The molecule has 18 nitrogen and oxygen atoms in total. The van der Waals surface area contributed by atoms with Crippen LogP contribution in [0.4, 0.5) is 50.5 Å². The number of anilines is 1. The number of fused-ring (bicyclic) bond motifs is 2. The first-order valence-electron chi connectivity index (χ1n) is 25.6. The molecule has 0 radical (unpaired) electrons. The second-order valence-electron chi connectivity index (χ2n) is 21.1. The third-order valence-corrected chi connectivity index (χ3v) is 14.8. The minimum atomic E-state index is -5.10. The van der Waals surface area contributed by atoms with Crippen LogP contribution >= 0.6 is 0 Å². The van der Waals surface area contributed by atoms with E-state index < -0.39 is 97.5 Å². The summed E-state index contributed by atoms with van der Waals surface area (Å²) in [6.07, 6.45) is -12.6. The topological polar surface area (TPSA) is 205 Å². The van der Waals surface area contributed by atoms with Gasteiger partial charge in [-0.1, -0.05) is 48.2 Å². The molecule has 2 aromatic heterocycles. The Morgan fingerprint density at radius 3 is 1.81 bits per heavy atom. The van der Waals surface area contributed by atoms with E-state index in [1.54, 1.807) is 30.5 Å². The summed E-state index contributed by atoms with van der Waals surface area (Å²) in [4.78, 5) is 62.6. The summed E-state index contributed by atoms with van der Waals surface area (Å²) in [5.41, 5.74) is -0.907. The Bertz CT molecular complexity index is 2820. The van der Waals surface area contributed by atoms with Crippen LogP contribution in [0.25, 0.3) is 11.3 Å². The number of ether oxygens (including phenoxy) is 3. The SMILES string of the molecule is COC(=O)N[C@H](C(=O)N[C@@H](Cc1ccc(C#Cc2ccc(N3CC4CCC(C3)N4C3COC3)nc2)cc1)[C@@H](O)CN(Cc1ccc(-c2ccn(CC(F)F)n2)cc1)NC(=O)[C@@H](NC(=O)OC)C(C)(C)C(F)(F)F)C(C)(C)C(F)(F)F. The fourth-order valence-corrected chi connectivity index (χ4v) is 9.74. The number of hydrogen-bond acceptors (Lipinski definition) is 13. The molecule has 2 unspecified atom stereocenters. The number of hydrazine groups is 1. The minimum absolute atomic E-state index is 0.310. The highest BCUT2D eigenvalue weighted by molar-refractivity contribution is 5.87. The molecule has 3 fully saturated rings. The van der Waals surface area contributed by atoms with Gasteiger partial charge in [-0.2, -0.15) is 31.4 Å². The van der Waals surface area contributed by atoms with Crippen LogP contribution in [0.3, 0.4) is 0 Å². The number of amides is 4. The Balaban J connectivity index is 1.15. The number of hydrogen-bond donors (Lipinski definition) is 5. The van der Waals surface area contributed by atoms with Gasteiger partial charge in [-0.05, 0) is 88.4 Å². The summed E-state index contributed by atoms with van der Waals surface area (Å²) in [6.45, 7) is 4.08. The number of aliphatic hydroxyl groups excluding tert-OH is 1. The Morgan fingerprint density at radius 1 is 0.750 bits per heavy atom. The summed E-state index contributed by atoms with van der Waals surface area (Å²) in [6, 6.07) is 12.9. The van der Waals surface area contributed by atoms with Gasteiger partial charge in [0.25, 0.3) is 12.3 Å². The molecular formula is C54H64F8N10O8. The Morgan fingerprint density at radius 2 is 1.30 bits per heavy atom. The van der Waals surface area contributed by atoms with E-state index in [0.29, 0.717) is 79.3 Å². The average molecular weight is 1130 g/mol. The molecule has 5 N–H and O–H groups in total. The number of alkyl carbamates (subject to hydrolysis) is 2. The van der Waals surface area contributed by atoms with E-state index in [1.165, 1.54) is 36.5 Å². The lowest BCUT2D eigenvalue weighted by molar-refractivity contribution is -0.221. The maximum absolute atomic E-state index is 14.6. The normalized spacial score (nSPS) is 18.5. The van der Waals surface area contributed by atoms with Crippen LogP contribution in [0.1, 0.15) is 62.8 Å². The number of halogens is 8. The van der Waals surface area contributed by atoms with Crippen molar-refractivity contribution in [3.05, 3.63) is 101 Å². The van der Waals surface area contributed by atoms with Crippen molar-refractivity contribution in [3.63, 3.8) is 0 Å². The summed E-state index contributed by atoms with van der Waals surface area (Å²) >= 11 is 0. The standard InChI is InChI=1S/C54H64F8N10O8/c1-51(2,53(57,58)59)45(65-49(76)78-5)47(74)64-41(23-33-10-7-32(8-11-33)9-12-34-15-20-44(63-24-34)69-26-37-18-19-38(27-69)72(37)39-30-80-31-39)42(73)28-71(68-48(75)46(66-50(77)79-6)52(3,4)54(60,61)62)25-35-13-16-36(17-14-35)40-21-22-70(67-40)29-43(55)56/h7-8,10-11,13-17,20-22,24,37-39,41-43,45-46,73H,18-19,23,25-31H2,1-6H3,(H,64,74)(H,65,76)(H,66,77)(H,68,75)/t37?,38?,41-,42-,45+,46+/m0/s1. The predicted octanol–water partition coefficient (Wildman–Crippen LogP) is 6.21. The number of aliphatic hydroxyl groups is 1. The Labute approximate surface area is 456 Å². The largest absolute Gasteiger partial charge is 0.453 e. The third kappa shape index (κ3) is 14.6. The molecule has 2 aromatic carbocycles. The smallest absolute Gasteiger partial charge is 0.407 e. The number of benzene rings is 2. The van der Waals surface area contributed by atoms with E-state index in [9.17, 15) is 59.4 Å². The molecule has 5 heterocycles. The van der Waals surface area contributed by atoms with Gasteiger partial charge in [0.05, 0.1) is 62.1 Å². The molecule has 80 heavy (non-hydrogen) atoms. The number of methoxy groups -OCH3 is 2. The highest BCUT2D eigenvalue weighted by Crippen LogP contribution is 2.42. The van der Waals surface area contributed by atoms with E-state index in [1.807, 2.05) is 22.8 Å². The second kappa shape index (κ2) is 25.2. The minimum Gasteiger partial charge on any atom is -0.453 e. The number of nitrogens with zero attached hydrogens (tertiary/aromatic N) is 6. The molecule has 26 heteroatoms. The molecular weight excluding hydrogens is 1070 g/mol. The molecule has 0 saturated carbocycles. The van der Waals surface area contributed by atoms with E-state index in [4.69, 9.17) is 9.72 Å². The van der Waals surface area contributed by atoms with Crippen LogP contribution in [-0.2, 0) is 43.3 Å². The van der Waals surface area contributed by atoms with E-state index >= 15 is 0 Å². The average Bonchev–Trinajstić information content (AvgIpc) is 3.94. The number of nitrogens with one attached hydrogen (secondary N) is 4. The van der Waals surface area contributed by atoms with Gasteiger partial charge in [0.2, 0.25) is 5.91 Å². The van der Waals surface area contributed by atoms with Gasteiger partial charge in [-0.25, -0.2) is 28.4 Å². The quantitative estimate of drug-likeness (QED) is 0.0380. The van der Waals surface area contributed by atoms with Crippen molar-refractivity contribution in [1.82, 2.24) is 46.0 Å². The first-order chi connectivity index (χ1) is 37.7. The highest BCUT2D eigenvalue weighted by atomic mass is 19.4. The van der Waals surface area contributed by atoms with Crippen molar-refractivity contribution in [3.8, 4) is 23.1 Å². The maximum Gasteiger partial charge on any atom is 0.407 e. The van der Waals surface area contributed by atoms with Crippen LogP contribution in [-0.4, -0.2) is 162 Å². The van der Waals surface area contributed by atoms with Crippen LogP contribution in [0.5, 0.6) is 0 Å².